The Kier molecular flexibility index (Phi) is 3.99. The molecule has 0 saturated heterocycles. The SMILES string of the molecule is Fc1ccc(N2CCc3c(ncn3CCc3ccccc3)C2)nc1. The second-order valence-corrected chi connectivity index (χ2v) is 6.07. The van der Waals surface area contributed by atoms with E-state index >= 15 is 0 Å². The summed E-state index contributed by atoms with van der Waals surface area (Å²) in [6, 6.07) is 13.7. The van der Waals surface area contributed by atoms with E-state index in [9.17, 15) is 4.39 Å². The number of rotatable bonds is 4. The molecule has 0 saturated carbocycles. The number of hydrogen-bond donors (Lipinski definition) is 0. The Balaban J connectivity index is 1.46. The Morgan fingerprint density at radius 2 is 1.92 bits per heavy atom. The molecule has 5 heteroatoms. The zero-order valence-electron chi connectivity index (χ0n) is 13.4. The molecule has 122 valence electrons. The Morgan fingerprint density at radius 3 is 2.71 bits per heavy atom. The lowest BCUT2D eigenvalue weighted by Crippen LogP contribution is -2.32. The molecule has 0 unspecified atom stereocenters. The fraction of sp³-hybridized carbons (Fsp3) is 0.263. The Morgan fingerprint density at radius 1 is 1.04 bits per heavy atom. The van der Waals surface area contributed by atoms with Gasteiger partial charge in [-0.2, -0.15) is 0 Å². The first kappa shape index (κ1) is 14.9. The highest BCUT2D eigenvalue weighted by Crippen LogP contribution is 2.22. The third kappa shape index (κ3) is 3.02. The monoisotopic (exact) mass is 322 g/mol. The fourth-order valence-electron chi connectivity index (χ4n) is 3.21. The van der Waals surface area contributed by atoms with Crippen molar-refractivity contribution in [2.75, 3.05) is 11.4 Å². The zero-order valence-corrected chi connectivity index (χ0v) is 13.4. The van der Waals surface area contributed by atoms with Crippen LogP contribution in [0.4, 0.5) is 10.2 Å². The number of pyridine rings is 1. The van der Waals surface area contributed by atoms with Gasteiger partial charge < -0.3 is 9.47 Å². The standard InChI is InChI=1S/C19H19FN4/c20-16-6-7-19(21-12-16)23-11-9-18-17(13-23)22-14-24(18)10-8-15-4-2-1-3-5-15/h1-7,12,14H,8-11,13H2. The van der Waals surface area contributed by atoms with Gasteiger partial charge in [0, 0.05) is 25.2 Å². The van der Waals surface area contributed by atoms with Crippen molar-refractivity contribution < 1.29 is 4.39 Å². The van der Waals surface area contributed by atoms with Crippen LogP contribution in [-0.4, -0.2) is 21.1 Å². The Labute approximate surface area is 140 Å². The van der Waals surface area contributed by atoms with Crippen LogP contribution in [0.3, 0.4) is 0 Å². The smallest absolute Gasteiger partial charge is 0.141 e. The van der Waals surface area contributed by atoms with E-state index in [1.54, 1.807) is 6.07 Å². The van der Waals surface area contributed by atoms with Crippen LogP contribution in [-0.2, 0) is 25.9 Å². The Bertz CT molecular complexity index is 811. The third-order valence-electron chi connectivity index (χ3n) is 4.51. The number of aromatic nitrogens is 3. The van der Waals surface area contributed by atoms with Crippen molar-refractivity contribution in [3.05, 3.63) is 77.8 Å². The van der Waals surface area contributed by atoms with Crippen molar-refractivity contribution in [2.24, 2.45) is 0 Å². The van der Waals surface area contributed by atoms with Gasteiger partial charge in [0.1, 0.15) is 11.6 Å². The number of anilines is 1. The van der Waals surface area contributed by atoms with Gasteiger partial charge in [0.05, 0.1) is 24.8 Å². The summed E-state index contributed by atoms with van der Waals surface area (Å²) >= 11 is 0. The van der Waals surface area contributed by atoms with Gasteiger partial charge in [-0.25, -0.2) is 14.4 Å². The second kappa shape index (κ2) is 6.43. The molecule has 1 aliphatic heterocycles. The number of benzene rings is 1. The van der Waals surface area contributed by atoms with Gasteiger partial charge in [-0.3, -0.25) is 0 Å². The van der Waals surface area contributed by atoms with E-state index in [4.69, 9.17) is 0 Å². The van der Waals surface area contributed by atoms with Gasteiger partial charge in [0.2, 0.25) is 0 Å². The normalized spacial score (nSPS) is 13.8. The van der Waals surface area contributed by atoms with Gasteiger partial charge in [-0.1, -0.05) is 30.3 Å². The summed E-state index contributed by atoms with van der Waals surface area (Å²) < 4.78 is 15.3. The van der Waals surface area contributed by atoms with Crippen LogP contribution in [0.5, 0.6) is 0 Å². The van der Waals surface area contributed by atoms with E-state index in [-0.39, 0.29) is 5.82 Å². The predicted molar refractivity (Wildman–Crippen MR) is 91.3 cm³/mol. The summed E-state index contributed by atoms with van der Waals surface area (Å²) in [4.78, 5) is 10.9. The van der Waals surface area contributed by atoms with E-state index in [1.807, 2.05) is 12.4 Å². The van der Waals surface area contributed by atoms with Crippen LogP contribution in [0.15, 0.2) is 55.0 Å². The summed E-state index contributed by atoms with van der Waals surface area (Å²) in [5, 5.41) is 0. The molecule has 4 nitrogen and oxygen atoms in total. The number of aryl methyl sites for hydroxylation is 2. The molecule has 3 aromatic rings. The highest BCUT2D eigenvalue weighted by Gasteiger charge is 2.21. The number of fused-ring (bicyclic) bond motifs is 1. The lowest BCUT2D eigenvalue weighted by Gasteiger charge is -2.28. The average molecular weight is 322 g/mol. The van der Waals surface area contributed by atoms with Crippen LogP contribution in [0, 0.1) is 5.82 Å². The van der Waals surface area contributed by atoms with Gasteiger partial charge in [-0.05, 0) is 24.1 Å². The van der Waals surface area contributed by atoms with Crippen LogP contribution < -0.4 is 4.90 Å². The molecule has 0 radical (unpaired) electrons. The van der Waals surface area contributed by atoms with Crippen molar-refractivity contribution in [2.45, 2.75) is 25.9 Å². The van der Waals surface area contributed by atoms with Crippen LogP contribution >= 0.6 is 0 Å². The van der Waals surface area contributed by atoms with Gasteiger partial charge >= 0.3 is 0 Å². The number of nitrogens with zero attached hydrogens (tertiary/aromatic N) is 4. The Hall–Kier alpha value is -2.69. The van der Waals surface area contributed by atoms with E-state index in [1.165, 1.54) is 23.5 Å². The molecule has 0 atom stereocenters. The number of hydrogen-bond acceptors (Lipinski definition) is 3. The molecule has 0 spiro atoms. The zero-order chi connectivity index (χ0) is 16.4. The van der Waals surface area contributed by atoms with Crippen LogP contribution in [0.2, 0.25) is 0 Å². The lowest BCUT2D eigenvalue weighted by atomic mass is 10.1. The lowest BCUT2D eigenvalue weighted by molar-refractivity contribution is 0.611. The third-order valence-corrected chi connectivity index (χ3v) is 4.51. The van der Waals surface area contributed by atoms with Gasteiger partial charge in [-0.15, -0.1) is 0 Å². The maximum absolute atomic E-state index is 13.0. The summed E-state index contributed by atoms with van der Waals surface area (Å²) in [6.07, 6.45) is 5.15. The molecule has 0 amide bonds. The highest BCUT2D eigenvalue weighted by atomic mass is 19.1. The molecule has 0 N–H and O–H groups in total. The topological polar surface area (TPSA) is 34.0 Å². The van der Waals surface area contributed by atoms with E-state index in [2.05, 4.69) is 43.7 Å². The molecule has 1 aromatic carbocycles. The highest BCUT2D eigenvalue weighted by molar-refractivity contribution is 5.41. The molecule has 0 bridgehead atoms. The molecule has 3 heterocycles. The molecular formula is C19H19FN4. The van der Waals surface area contributed by atoms with Crippen molar-refractivity contribution in [1.82, 2.24) is 14.5 Å². The molecule has 2 aromatic heterocycles. The summed E-state index contributed by atoms with van der Waals surface area (Å²) in [6.45, 7) is 2.55. The van der Waals surface area contributed by atoms with Gasteiger partial charge in [0.25, 0.3) is 0 Å². The fourth-order valence-corrected chi connectivity index (χ4v) is 3.21. The van der Waals surface area contributed by atoms with Crippen molar-refractivity contribution in [1.29, 1.82) is 0 Å². The summed E-state index contributed by atoms with van der Waals surface area (Å²) in [5.41, 5.74) is 3.75. The molecular weight excluding hydrogens is 303 g/mol. The maximum atomic E-state index is 13.0. The average Bonchev–Trinajstić information content (AvgIpc) is 3.04. The maximum Gasteiger partial charge on any atom is 0.141 e. The molecule has 4 rings (SSSR count). The van der Waals surface area contributed by atoms with Crippen molar-refractivity contribution in [3.8, 4) is 0 Å². The molecule has 0 fully saturated rings. The minimum absolute atomic E-state index is 0.304. The van der Waals surface area contributed by atoms with E-state index in [0.29, 0.717) is 0 Å². The first-order chi connectivity index (χ1) is 11.8. The molecule has 0 aliphatic carbocycles. The minimum Gasteiger partial charge on any atom is -0.350 e. The van der Waals surface area contributed by atoms with E-state index in [0.717, 1.165) is 44.0 Å². The molecule has 24 heavy (non-hydrogen) atoms. The largest absolute Gasteiger partial charge is 0.350 e. The van der Waals surface area contributed by atoms with Gasteiger partial charge in [0.15, 0.2) is 0 Å². The number of halogens is 1. The van der Waals surface area contributed by atoms with E-state index < -0.39 is 0 Å². The van der Waals surface area contributed by atoms with Crippen molar-refractivity contribution >= 4 is 5.82 Å². The summed E-state index contributed by atoms with van der Waals surface area (Å²) in [5.74, 6) is 0.502. The van der Waals surface area contributed by atoms with Crippen LogP contribution in [0.1, 0.15) is 17.0 Å². The quantitative estimate of drug-likeness (QED) is 0.739. The minimum atomic E-state index is -0.304. The predicted octanol–water partition coefficient (Wildman–Crippen LogP) is 3.22. The first-order valence-corrected chi connectivity index (χ1v) is 8.23. The first-order valence-electron chi connectivity index (χ1n) is 8.23. The number of imidazole rings is 1. The summed E-state index contributed by atoms with van der Waals surface area (Å²) in [7, 11) is 0. The molecule has 1 aliphatic rings. The van der Waals surface area contributed by atoms with Crippen LogP contribution in [0.25, 0.3) is 0 Å². The van der Waals surface area contributed by atoms with Crippen molar-refractivity contribution in [3.63, 3.8) is 0 Å². The second-order valence-electron chi connectivity index (χ2n) is 6.07.